The summed E-state index contributed by atoms with van der Waals surface area (Å²) in [7, 11) is -2.07. The van der Waals surface area contributed by atoms with Gasteiger partial charge in [-0.25, -0.2) is 18.1 Å². The molecule has 1 unspecified atom stereocenters. The van der Waals surface area contributed by atoms with Gasteiger partial charge in [0.25, 0.3) is 0 Å². The average Bonchev–Trinajstić information content (AvgIpc) is 3.15. The van der Waals surface area contributed by atoms with E-state index in [1.165, 1.54) is 31.6 Å². The zero-order chi connectivity index (χ0) is 17.7. The van der Waals surface area contributed by atoms with Gasteiger partial charge in [-0.1, -0.05) is 30.3 Å². The molecule has 0 amide bonds. The van der Waals surface area contributed by atoms with Gasteiger partial charge in [0, 0.05) is 12.7 Å². The summed E-state index contributed by atoms with van der Waals surface area (Å²) in [6.45, 7) is 3.15. The lowest BCUT2D eigenvalue weighted by atomic mass is 10.1. The molecule has 1 aromatic carbocycles. The van der Waals surface area contributed by atoms with Gasteiger partial charge in [-0.05, 0) is 50.7 Å². The number of pyridine rings is 1. The van der Waals surface area contributed by atoms with E-state index in [0.29, 0.717) is 5.82 Å². The molecule has 1 atom stereocenters. The Bertz CT molecular complexity index is 772. The van der Waals surface area contributed by atoms with E-state index in [4.69, 9.17) is 0 Å². The smallest absolute Gasteiger partial charge is 0.241 e. The Morgan fingerprint density at radius 1 is 1.12 bits per heavy atom. The molecule has 0 spiro atoms. The molecule has 1 saturated heterocycles. The fourth-order valence-corrected chi connectivity index (χ4v) is 3.74. The number of anilines is 1. The van der Waals surface area contributed by atoms with Gasteiger partial charge >= 0.3 is 0 Å². The molecular formula is C18H24N4O2S. The van der Waals surface area contributed by atoms with Crippen molar-refractivity contribution in [2.75, 3.05) is 32.0 Å². The molecule has 134 valence electrons. The number of nitrogens with zero attached hydrogens (tertiary/aromatic N) is 2. The molecule has 0 saturated carbocycles. The molecule has 2 heterocycles. The van der Waals surface area contributed by atoms with Crippen LogP contribution in [0.1, 0.15) is 24.4 Å². The van der Waals surface area contributed by atoms with E-state index < -0.39 is 10.0 Å². The molecule has 25 heavy (non-hydrogen) atoms. The first kappa shape index (κ1) is 17.8. The van der Waals surface area contributed by atoms with E-state index in [9.17, 15) is 8.42 Å². The number of likely N-dealkylation sites (tertiary alicyclic amines) is 1. The van der Waals surface area contributed by atoms with Crippen molar-refractivity contribution < 1.29 is 8.42 Å². The summed E-state index contributed by atoms with van der Waals surface area (Å²) in [5, 5.41) is 3.45. The predicted molar refractivity (Wildman–Crippen MR) is 99.0 cm³/mol. The Balaban J connectivity index is 1.77. The van der Waals surface area contributed by atoms with Crippen LogP contribution in [0.4, 0.5) is 5.82 Å². The molecule has 6 nitrogen and oxygen atoms in total. The van der Waals surface area contributed by atoms with E-state index >= 15 is 0 Å². The third-order valence-electron chi connectivity index (χ3n) is 4.48. The van der Waals surface area contributed by atoms with Gasteiger partial charge < -0.3 is 10.2 Å². The maximum Gasteiger partial charge on any atom is 0.241 e. The van der Waals surface area contributed by atoms with Crippen LogP contribution in [-0.2, 0) is 10.0 Å². The van der Waals surface area contributed by atoms with Crippen LogP contribution in [0.5, 0.6) is 0 Å². The van der Waals surface area contributed by atoms with E-state index in [1.54, 1.807) is 12.1 Å². The molecule has 2 aromatic rings. The maximum atomic E-state index is 11.8. The highest BCUT2D eigenvalue weighted by molar-refractivity contribution is 7.89. The van der Waals surface area contributed by atoms with Gasteiger partial charge in [-0.3, -0.25) is 0 Å². The Labute approximate surface area is 149 Å². The van der Waals surface area contributed by atoms with Crippen LogP contribution in [0.15, 0.2) is 53.6 Å². The average molecular weight is 360 g/mol. The summed E-state index contributed by atoms with van der Waals surface area (Å²) in [6, 6.07) is 13.7. The Hall–Kier alpha value is -1.96. The summed E-state index contributed by atoms with van der Waals surface area (Å²) in [5.74, 6) is 0.670. The van der Waals surface area contributed by atoms with Crippen LogP contribution in [0, 0.1) is 0 Å². The highest BCUT2D eigenvalue weighted by Crippen LogP contribution is 2.22. The molecule has 7 heteroatoms. The molecule has 2 N–H and O–H groups in total. The van der Waals surface area contributed by atoms with Gasteiger partial charge in [-0.2, -0.15) is 0 Å². The maximum absolute atomic E-state index is 11.8. The summed E-state index contributed by atoms with van der Waals surface area (Å²) < 4.78 is 25.9. The molecule has 0 radical (unpaired) electrons. The third-order valence-corrected chi connectivity index (χ3v) is 5.88. The number of rotatable bonds is 7. The molecule has 1 aromatic heterocycles. The van der Waals surface area contributed by atoms with Crippen molar-refractivity contribution in [2.45, 2.75) is 23.8 Å². The number of hydrogen-bond donors (Lipinski definition) is 2. The Morgan fingerprint density at radius 3 is 2.44 bits per heavy atom. The largest absolute Gasteiger partial charge is 0.362 e. The van der Waals surface area contributed by atoms with Crippen molar-refractivity contribution in [1.82, 2.24) is 14.6 Å². The van der Waals surface area contributed by atoms with Crippen LogP contribution < -0.4 is 10.0 Å². The number of nitrogens with one attached hydrogen (secondary N) is 2. The minimum atomic E-state index is -3.46. The van der Waals surface area contributed by atoms with Crippen molar-refractivity contribution in [3.63, 3.8) is 0 Å². The summed E-state index contributed by atoms with van der Waals surface area (Å²) in [5.41, 5.74) is 1.20. The summed E-state index contributed by atoms with van der Waals surface area (Å²) >= 11 is 0. The molecule has 3 rings (SSSR count). The first-order valence-corrected chi connectivity index (χ1v) is 10.0. The second-order valence-electron chi connectivity index (χ2n) is 6.20. The van der Waals surface area contributed by atoms with Crippen molar-refractivity contribution in [3.05, 3.63) is 54.2 Å². The lowest BCUT2D eigenvalue weighted by Gasteiger charge is -2.25. The third kappa shape index (κ3) is 4.56. The number of sulfonamides is 1. The summed E-state index contributed by atoms with van der Waals surface area (Å²) in [6.07, 6.45) is 3.87. The molecule has 0 aliphatic carbocycles. The highest BCUT2D eigenvalue weighted by atomic mass is 32.2. The van der Waals surface area contributed by atoms with Gasteiger partial charge in [0.15, 0.2) is 0 Å². The number of benzene rings is 1. The zero-order valence-corrected chi connectivity index (χ0v) is 15.2. The zero-order valence-electron chi connectivity index (χ0n) is 14.4. The molecule has 1 aliphatic heterocycles. The topological polar surface area (TPSA) is 74.3 Å². The lowest BCUT2D eigenvalue weighted by molar-refractivity contribution is 0.323. The van der Waals surface area contributed by atoms with Gasteiger partial charge in [0.2, 0.25) is 10.0 Å². The van der Waals surface area contributed by atoms with Gasteiger partial charge in [0.1, 0.15) is 10.7 Å². The van der Waals surface area contributed by atoms with Crippen molar-refractivity contribution in [3.8, 4) is 0 Å². The Kier molecular flexibility index (Phi) is 5.67. The quantitative estimate of drug-likeness (QED) is 0.792. The van der Waals surface area contributed by atoms with E-state index in [1.807, 2.05) is 18.2 Å². The van der Waals surface area contributed by atoms with E-state index in [-0.39, 0.29) is 10.9 Å². The van der Waals surface area contributed by atoms with Crippen LogP contribution >= 0.6 is 0 Å². The van der Waals surface area contributed by atoms with Gasteiger partial charge in [0.05, 0.1) is 6.04 Å². The first-order chi connectivity index (χ1) is 12.1. The Morgan fingerprint density at radius 2 is 1.84 bits per heavy atom. The van der Waals surface area contributed by atoms with Crippen molar-refractivity contribution in [1.29, 1.82) is 0 Å². The van der Waals surface area contributed by atoms with Gasteiger partial charge in [-0.15, -0.1) is 0 Å². The van der Waals surface area contributed by atoms with Crippen LogP contribution in [0.25, 0.3) is 0 Å². The minimum absolute atomic E-state index is 0.110. The fourth-order valence-electron chi connectivity index (χ4n) is 3.06. The highest BCUT2D eigenvalue weighted by Gasteiger charge is 2.19. The van der Waals surface area contributed by atoms with E-state index in [2.05, 4.69) is 32.1 Å². The SMILES string of the molecule is CNS(=O)(=O)c1ccc(NC(CN2CCCC2)c2ccccc2)nc1. The molecule has 0 bridgehead atoms. The second-order valence-corrected chi connectivity index (χ2v) is 8.09. The minimum Gasteiger partial charge on any atom is -0.362 e. The van der Waals surface area contributed by atoms with Crippen molar-refractivity contribution in [2.24, 2.45) is 0 Å². The number of hydrogen-bond acceptors (Lipinski definition) is 5. The normalized spacial score (nSPS) is 16.7. The summed E-state index contributed by atoms with van der Waals surface area (Å²) in [4.78, 5) is 6.90. The fraction of sp³-hybridized carbons (Fsp3) is 0.389. The molecule has 1 aliphatic rings. The van der Waals surface area contributed by atoms with Crippen LogP contribution in [0.3, 0.4) is 0 Å². The van der Waals surface area contributed by atoms with Crippen molar-refractivity contribution >= 4 is 15.8 Å². The van der Waals surface area contributed by atoms with E-state index in [0.717, 1.165) is 19.6 Å². The monoisotopic (exact) mass is 360 g/mol. The van der Waals surface area contributed by atoms with Crippen LogP contribution in [-0.4, -0.2) is 45.0 Å². The lowest BCUT2D eigenvalue weighted by Crippen LogP contribution is -2.29. The predicted octanol–water partition coefficient (Wildman–Crippen LogP) is 2.24. The standard InChI is InChI=1S/C18H24N4O2S/c1-19-25(23,24)16-9-10-18(20-13-16)21-17(14-22-11-5-6-12-22)15-7-3-2-4-8-15/h2-4,7-10,13,17,19H,5-6,11-12,14H2,1H3,(H,20,21). The molecular weight excluding hydrogens is 336 g/mol. The number of aromatic nitrogens is 1. The first-order valence-electron chi connectivity index (χ1n) is 8.52. The van der Waals surface area contributed by atoms with Crippen LogP contribution in [0.2, 0.25) is 0 Å². The molecule has 1 fully saturated rings. The second kappa shape index (κ2) is 7.95.